The molecule has 118 valence electrons. The van der Waals surface area contributed by atoms with Crippen molar-refractivity contribution in [3.05, 3.63) is 23.8 Å². The summed E-state index contributed by atoms with van der Waals surface area (Å²) in [6.45, 7) is 0.994. The molecule has 1 aliphatic rings. The van der Waals surface area contributed by atoms with Gasteiger partial charge in [-0.3, -0.25) is 0 Å². The normalized spacial score (nSPS) is 16.8. The number of hydrogen-bond acceptors (Lipinski definition) is 4. The minimum absolute atomic E-state index is 0.133. The Bertz CT molecular complexity index is 494. The fourth-order valence-corrected chi connectivity index (χ4v) is 2.09. The van der Waals surface area contributed by atoms with E-state index in [0.717, 1.165) is 5.56 Å². The highest BCUT2D eigenvalue weighted by Crippen LogP contribution is 2.33. The third-order valence-electron chi connectivity index (χ3n) is 3.57. The lowest BCUT2D eigenvalue weighted by molar-refractivity contribution is -0.128. The van der Waals surface area contributed by atoms with Crippen LogP contribution in [0.15, 0.2) is 18.2 Å². The van der Waals surface area contributed by atoms with Gasteiger partial charge in [-0.25, -0.2) is 0 Å². The lowest BCUT2D eigenvalue weighted by Crippen LogP contribution is -2.52. The van der Waals surface area contributed by atoms with E-state index in [1.54, 1.807) is 13.0 Å². The second kappa shape index (κ2) is 6.11. The largest absolute Gasteiger partial charge is 0.454 e. The molecule has 0 aromatic heterocycles. The second-order valence-electron chi connectivity index (χ2n) is 5.42. The molecule has 1 unspecified atom stereocenters. The Morgan fingerprint density at radius 3 is 2.62 bits per heavy atom. The lowest BCUT2D eigenvalue weighted by Gasteiger charge is -2.30. The number of halogens is 3. The Morgan fingerprint density at radius 1 is 1.24 bits per heavy atom. The number of aryl methyl sites for hydroxylation is 1. The number of alkyl halides is 3. The zero-order valence-corrected chi connectivity index (χ0v) is 11.8. The van der Waals surface area contributed by atoms with Gasteiger partial charge in [-0.1, -0.05) is 6.07 Å². The highest BCUT2D eigenvalue weighted by Gasteiger charge is 2.32. The van der Waals surface area contributed by atoms with Crippen molar-refractivity contribution in [3.8, 4) is 11.5 Å². The molecule has 7 heteroatoms. The third kappa shape index (κ3) is 4.50. The summed E-state index contributed by atoms with van der Waals surface area (Å²) < 4.78 is 47.4. The summed E-state index contributed by atoms with van der Waals surface area (Å²) in [5, 5.41) is 2.50. The molecule has 0 bridgehead atoms. The van der Waals surface area contributed by atoms with Crippen LogP contribution < -0.4 is 20.5 Å². The number of nitrogens with two attached hydrogens (primary N) is 1. The summed E-state index contributed by atoms with van der Waals surface area (Å²) in [7, 11) is 0. The van der Waals surface area contributed by atoms with Crippen LogP contribution in [0.25, 0.3) is 0 Å². The maximum atomic E-state index is 12.3. The molecule has 1 heterocycles. The molecule has 0 amide bonds. The van der Waals surface area contributed by atoms with Crippen LogP contribution in [0.2, 0.25) is 0 Å². The van der Waals surface area contributed by atoms with Crippen molar-refractivity contribution in [3.63, 3.8) is 0 Å². The van der Waals surface area contributed by atoms with Gasteiger partial charge in [0.15, 0.2) is 11.5 Å². The smallest absolute Gasteiger partial charge is 0.401 e. The average Bonchev–Trinajstić information content (AvgIpc) is 2.90. The standard InChI is InChI=1S/C14H19F3N2O2/c1-13(7-18,19-8-14(15,16)17)5-4-10-2-3-11-12(6-10)21-9-20-11/h2-3,6,19H,4-5,7-9,18H2,1H3. The van der Waals surface area contributed by atoms with Crippen LogP contribution in [0.1, 0.15) is 18.9 Å². The predicted molar refractivity (Wildman–Crippen MR) is 72.4 cm³/mol. The quantitative estimate of drug-likeness (QED) is 0.846. The van der Waals surface area contributed by atoms with Crippen molar-refractivity contribution >= 4 is 0 Å². The van der Waals surface area contributed by atoms with Crippen LogP contribution >= 0.6 is 0 Å². The third-order valence-corrected chi connectivity index (χ3v) is 3.57. The molecular weight excluding hydrogens is 285 g/mol. The molecule has 3 N–H and O–H groups in total. The van der Waals surface area contributed by atoms with E-state index in [9.17, 15) is 13.2 Å². The first-order valence-corrected chi connectivity index (χ1v) is 6.72. The SMILES string of the molecule is CC(CN)(CCc1ccc2c(c1)OCO2)NCC(F)(F)F. The van der Waals surface area contributed by atoms with Crippen LogP contribution in [0.3, 0.4) is 0 Å². The monoisotopic (exact) mass is 304 g/mol. The number of rotatable bonds is 6. The van der Waals surface area contributed by atoms with Crippen molar-refractivity contribution in [2.75, 3.05) is 19.9 Å². The highest BCUT2D eigenvalue weighted by molar-refractivity contribution is 5.44. The zero-order valence-electron chi connectivity index (χ0n) is 11.8. The molecule has 1 aromatic rings. The van der Waals surface area contributed by atoms with Gasteiger partial charge in [0.2, 0.25) is 6.79 Å². The van der Waals surface area contributed by atoms with E-state index >= 15 is 0 Å². The van der Waals surface area contributed by atoms with Gasteiger partial charge in [-0.15, -0.1) is 0 Å². The van der Waals surface area contributed by atoms with E-state index in [1.165, 1.54) is 0 Å². The van der Waals surface area contributed by atoms with Gasteiger partial charge in [0.25, 0.3) is 0 Å². The minimum atomic E-state index is -4.24. The van der Waals surface area contributed by atoms with Gasteiger partial charge in [-0.05, 0) is 37.5 Å². The molecule has 2 rings (SSSR count). The molecule has 1 atom stereocenters. The average molecular weight is 304 g/mol. The topological polar surface area (TPSA) is 56.5 Å². The summed E-state index contributed by atoms with van der Waals surface area (Å²) in [4.78, 5) is 0. The first kappa shape index (κ1) is 15.9. The molecule has 0 saturated heterocycles. The first-order chi connectivity index (χ1) is 9.81. The summed E-state index contributed by atoms with van der Waals surface area (Å²) in [6.07, 6.45) is -3.14. The van der Waals surface area contributed by atoms with Crippen molar-refractivity contribution in [2.45, 2.75) is 31.5 Å². The van der Waals surface area contributed by atoms with E-state index in [1.807, 2.05) is 12.1 Å². The summed E-state index contributed by atoms with van der Waals surface area (Å²) in [6, 6.07) is 5.54. The summed E-state index contributed by atoms with van der Waals surface area (Å²) >= 11 is 0. The van der Waals surface area contributed by atoms with E-state index in [0.29, 0.717) is 24.3 Å². The van der Waals surface area contributed by atoms with Gasteiger partial charge in [0, 0.05) is 12.1 Å². The molecule has 21 heavy (non-hydrogen) atoms. The molecule has 1 aromatic carbocycles. The molecule has 0 radical (unpaired) electrons. The fourth-order valence-electron chi connectivity index (χ4n) is 2.09. The zero-order chi connectivity index (χ0) is 15.5. The lowest BCUT2D eigenvalue weighted by atomic mass is 9.93. The molecule has 4 nitrogen and oxygen atoms in total. The summed E-state index contributed by atoms with van der Waals surface area (Å²) in [5.41, 5.74) is 5.84. The molecule has 1 aliphatic heterocycles. The fraction of sp³-hybridized carbons (Fsp3) is 0.571. The van der Waals surface area contributed by atoms with E-state index in [-0.39, 0.29) is 13.3 Å². The van der Waals surface area contributed by atoms with Crippen molar-refractivity contribution in [1.29, 1.82) is 0 Å². The van der Waals surface area contributed by atoms with Crippen molar-refractivity contribution in [2.24, 2.45) is 5.73 Å². The summed E-state index contributed by atoms with van der Waals surface area (Å²) in [5.74, 6) is 1.36. The van der Waals surface area contributed by atoms with Gasteiger partial charge in [0.05, 0.1) is 6.54 Å². The van der Waals surface area contributed by atoms with Crippen LogP contribution in [0.5, 0.6) is 11.5 Å². The van der Waals surface area contributed by atoms with Crippen LogP contribution in [-0.2, 0) is 6.42 Å². The first-order valence-electron chi connectivity index (χ1n) is 6.72. The molecule has 0 spiro atoms. The van der Waals surface area contributed by atoms with Gasteiger partial charge < -0.3 is 20.5 Å². The highest BCUT2D eigenvalue weighted by atomic mass is 19.4. The number of ether oxygens (including phenoxy) is 2. The molecule has 0 aliphatic carbocycles. The Hall–Kier alpha value is -1.47. The van der Waals surface area contributed by atoms with Crippen LogP contribution in [-0.4, -0.2) is 31.6 Å². The maximum absolute atomic E-state index is 12.3. The number of benzene rings is 1. The Kier molecular flexibility index (Phi) is 4.63. The van der Waals surface area contributed by atoms with Crippen LogP contribution in [0.4, 0.5) is 13.2 Å². The maximum Gasteiger partial charge on any atom is 0.401 e. The molecule has 0 saturated carbocycles. The van der Waals surface area contributed by atoms with E-state index < -0.39 is 18.3 Å². The Labute approximate surface area is 121 Å². The Morgan fingerprint density at radius 2 is 1.95 bits per heavy atom. The predicted octanol–water partition coefficient (Wildman–Crippen LogP) is 2.22. The van der Waals surface area contributed by atoms with Gasteiger partial charge in [-0.2, -0.15) is 13.2 Å². The van der Waals surface area contributed by atoms with E-state index in [4.69, 9.17) is 15.2 Å². The number of hydrogen-bond donors (Lipinski definition) is 2. The van der Waals surface area contributed by atoms with E-state index in [2.05, 4.69) is 5.32 Å². The van der Waals surface area contributed by atoms with Crippen molar-refractivity contribution < 1.29 is 22.6 Å². The number of fused-ring (bicyclic) bond motifs is 1. The number of nitrogens with one attached hydrogen (secondary N) is 1. The second-order valence-corrected chi connectivity index (χ2v) is 5.42. The molecular formula is C14H19F3N2O2. The van der Waals surface area contributed by atoms with Crippen LogP contribution in [0, 0.1) is 0 Å². The minimum Gasteiger partial charge on any atom is -0.454 e. The van der Waals surface area contributed by atoms with Crippen molar-refractivity contribution in [1.82, 2.24) is 5.32 Å². The molecule has 0 fully saturated rings. The van der Waals surface area contributed by atoms with Gasteiger partial charge in [0.1, 0.15) is 0 Å². The Balaban J connectivity index is 1.93. The van der Waals surface area contributed by atoms with Gasteiger partial charge >= 0.3 is 6.18 Å².